The van der Waals surface area contributed by atoms with E-state index in [0.29, 0.717) is 13.1 Å². The number of carbonyl (C=O) groups is 1. The van der Waals surface area contributed by atoms with Gasteiger partial charge in [-0.2, -0.15) is 0 Å². The van der Waals surface area contributed by atoms with Crippen LogP contribution in [0.2, 0.25) is 0 Å². The Bertz CT molecular complexity index is 350. The van der Waals surface area contributed by atoms with Gasteiger partial charge in [0.1, 0.15) is 5.60 Å². The minimum Gasteiger partial charge on any atom is -0.459 e. The molecule has 0 radical (unpaired) electrons. The van der Waals surface area contributed by atoms with Crippen LogP contribution in [-0.4, -0.2) is 43.1 Å². The van der Waals surface area contributed by atoms with Crippen molar-refractivity contribution in [2.24, 2.45) is 0 Å². The highest BCUT2D eigenvalue weighted by molar-refractivity contribution is 7.89. The molecule has 6 heteroatoms. The van der Waals surface area contributed by atoms with Crippen LogP contribution in [-0.2, 0) is 19.6 Å². The van der Waals surface area contributed by atoms with Gasteiger partial charge in [0.05, 0.1) is 0 Å². The van der Waals surface area contributed by atoms with Crippen molar-refractivity contribution in [2.75, 3.05) is 18.8 Å². The molecule has 1 fully saturated rings. The summed E-state index contributed by atoms with van der Waals surface area (Å²) in [6, 6.07) is 0. The van der Waals surface area contributed by atoms with E-state index >= 15 is 0 Å². The number of sulfonamides is 1. The Labute approximate surface area is 96.8 Å². The van der Waals surface area contributed by atoms with E-state index in [-0.39, 0.29) is 0 Å². The SMILES string of the molecule is CC(C)(C)OC(=O)CS(=O)(=O)N1CCCC1. The average molecular weight is 249 g/mol. The third-order valence-electron chi connectivity index (χ3n) is 2.18. The highest BCUT2D eigenvalue weighted by Crippen LogP contribution is 2.14. The van der Waals surface area contributed by atoms with Gasteiger partial charge in [0.15, 0.2) is 5.75 Å². The number of nitrogens with zero attached hydrogens (tertiary/aromatic N) is 1. The van der Waals surface area contributed by atoms with Gasteiger partial charge >= 0.3 is 5.97 Å². The van der Waals surface area contributed by atoms with Crippen LogP contribution in [0.5, 0.6) is 0 Å². The molecule has 0 aromatic rings. The molecule has 94 valence electrons. The molecule has 0 spiro atoms. The molecule has 0 bridgehead atoms. The quantitative estimate of drug-likeness (QED) is 0.692. The van der Waals surface area contributed by atoms with E-state index in [2.05, 4.69) is 0 Å². The summed E-state index contributed by atoms with van der Waals surface area (Å²) in [6.07, 6.45) is 1.74. The maximum Gasteiger partial charge on any atom is 0.323 e. The van der Waals surface area contributed by atoms with Crippen molar-refractivity contribution in [1.29, 1.82) is 0 Å². The summed E-state index contributed by atoms with van der Waals surface area (Å²) < 4.78 is 29.9. The second-order valence-corrected chi connectivity index (χ2v) is 6.92. The molecule has 0 aromatic heterocycles. The molecule has 0 aliphatic carbocycles. The summed E-state index contributed by atoms with van der Waals surface area (Å²) in [4.78, 5) is 11.4. The fraction of sp³-hybridized carbons (Fsp3) is 0.900. The van der Waals surface area contributed by atoms with E-state index in [4.69, 9.17) is 4.74 Å². The zero-order chi connectivity index (χ0) is 12.4. The minimum atomic E-state index is -3.47. The molecule has 0 aromatic carbocycles. The first kappa shape index (κ1) is 13.4. The lowest BCUT2D eigenvalue weighted by atomic mass is 10.2. The van der Waals surface area contributed by atoms with Crippen molar-refractivity contribution in [3.8, 4) is 0 Å². The number of ether oxygens (including phenoxy) is 1. The van der Waals surface area contributed by atoms with E-state index in [9.17, 15) is 13.2 Å². The predicted octanol–water partition coefficient (Wildman–Crippen LogP) is 0.754. The molecule has 1 rings (SSSR count). The second-order valence-electron chi connectivity index (χ2n) is 4.95. The number of carbonyl (C=O) groups excluding carboxylic acids is 1. The van der Waals surface area contributed by atoms with E-state index in [1.54, 1.807) is 20.8 Å². The summed E-state index contributed by atoms with van der Waals surface area (Å²) in [6.45, 7) is 6.18. The lowest BCUT2D eigenvalue weighted by Gasteiger charge is -2.21. The van der Waals surface area contributed by atoms with Crippen molar-refractivity contribution >= 4 is 16.0 Å². The zero-order valence-corrected chi connectivity index (χ0v) is 10.8. The van der Waals surface area contributed by atoms with Crippen LogP contribution in [0.1, 0.15) is 33.6 Å². The van der Waals surface area contributed by atoms with Gasteiger partial charge in [0.25, 0.3) is 0 Å². The molecule has 1 heterocycles. The number of esters is 1. The van der Waals surface area contributed by atoms with Crippen LogP contribution >= 0.6 is 0 Å². The van der Waals surface area contributed by atoms with Crippen LogP contribution in [0.25, 0.3) is 0 Å². The Morgan fingerprint density at radius 1 is 1.25 bits per heavy atom. The Balaban J connectivity index is 2.56. The number of rotatable bonds is 3. The summed E-state index contributed by atoms with van der Waals surface area (Å²) in [5.74, 6) is -1.23. The highest BCUT2D eigenvalue weighted by Gasteiger charge is 2.29. The van der Waals surface area contributed by atoms with Gasteiger partial charge < -0.3 is 4.74 Å². The maximum atomic E-state index is 11.8. The first-order valence-electron chi connectivity index (χ1n) is 5.40. The molecular formula is C10H19NO4S. The predicted molar refractivity (Wildman–Crippen MR) is 60.4 cm³/mol. The summed E-state index contributed by atoms with van der Waals surface area (Å²) in [7, 11) is -3.47. The third-order valence-corrected chi connectivity index (χ3v) is 3.93. The molecule has 1 aliphatic heterocycles. The molecule has 5 nitrogen and oxygen atoms in total. The Morgan fingerprint density at radius 2 is 1.75 bits per heavy atom. The van der Waals surface area contributed by atoms with Crippen LogP contribution < -0.4 is 0 Å². The second kappa shape index (κ2) is 4.71. The van der Waals surface area contributed by atoms with Crippen LogP contribution in [0.4, 0.5) is 0 Å². The topological polar surface area (TPSA) is 63.7 Å². The van der Waals surface area contributed by atoms with Crippen molar-refractivity contribution < 1.29 is 17.9 Å². The van der Waals surface area contributed by atoms with Crippen molar-refractivity contribution in [1.82, 2.24) is 4.31 Å². The maximum absolute atomic E-state index is 11.8. The van der Waals surface area contributed by atoms with Gasteiger partial charge in [0.2, 0.25) is 10.0 Å². The highest BCUT2D eigenvalue weighted by atomic mass is 32.2. The van der Waals surface area contributed by atoms with E-state index in [1.165, 1.54) is 4.31 Å². The van der Waals surface area contributed by atoms with Crippen LogP contribution in [0, 0.1) is 0 Å². The summed E-state index contributed by atoms with van der Waals surface area (Å²) >= 11 is 0. The third kappa shape index (κ3) is 4.09. The number of hydrogen-bond donors (Lipinski definition) is 0. The summed E-state index contributed by atoms with van der Waals surface area (Å²) in [5, 5.41) is 0. The molecule has 0 amide bonds. The van der Waals surface area contributed by atoms with Gasteiger partial charge in [-0.3, -0.25) is 4.79 Å². The van der Waals surface area contributed by atoms with Gasteiger partial charge in [-0.05, 0) is 33.6 Å². The average Bonchev–Trinajstić information content (AvgIpc) is 2.49. The van der Waals surface area contributed by atoms with Gasteiger partial charge in [0, 0.05) is 13.1 Å². The number of hydrogen-bond acceptors (Lipinski definition) is 4. The van der Waals surface area contributed by atoms with E-state index in [0.717, 1.165) is 12.8 Å². The lowest BCUT2D eigenvalue weighted by Crippen LogP contribution is -2.36. The fourth-order valence-corrected chi connectivity index (χ4v) is 2.93. The molecule has 0 atom stereocenters. The largest absolute Gasteiger partial charge is 0.459 e. The van der Waals surface area contributed by atoms with Gasteiger partial charge in [-0.15, -0.1) is 0 Å². The van der Waals surface area contributed by atoms with Gasteiger partial charge in [-0.25, -0.2) is 12.7 Å². The first-order valence-corrected chi connectivity index (χ1v) is 7.01. The monoisotopic (exact) mass is 249 g/mol. The Morgan fingerprint density at radius 3 is 2.19 bits per heavy atom. The van der Waals surface area contributed by atoms with E-state index < -0.39 is 27.3 Å². The molecule has 1 saturated heterocycles. The van der Waals surface area contributed by atoms with Crippen LogP contribution in [0.3, 0.4) is 0 Å². The van der Waals surface area contributed by atoms with Crippen molar-refractivity contribution in [3.63, 3.8) is 0 Å². The molecule has 0 unspecified atom stereocenters. The lowest BCUT2D eigenvalue weighted by molar-refractivity contribution is -0.151. The van der Waals surface area contributed by atoms with Crippen molar-refractivity contribution in [2.45, 2.75) is 39.2 Å². The first-order chi connectivity index (χ1) is 7.21. The van der Waals surface area contributed by atoms with Gasteiger partial charge in [-0.1, -0.05) is 0 Å². The zero-order valence-electron chi connectivity index (χ0n) is 10.0. The smallest absolute Gasteiger partial charge is 0.323 e. The molecule has 16 heavy (non-hydrogen) atoms. The van der Waals surface area contributed by atoms with E-state index in [1.807, 2.05) is 0 Å². The Hall–Kier alpha value is -0.620. The standard InChI is InChI=1S/C10H19NO4S/c1-10(2,3)15-9(12)8-16(13,14)11-6-4-5-7-11/h4-8H2,1-3H3. The molecular weight excluding hydrogens is 230 g/mol. The normalized spacial score (nSPS) is 18.7. The summed E-state index contributed by atoms with van der Waals surface area (Å²) in [5.41, 5.74) is -0.641. The van der Waals surface area contributed by atoms with Crippen molar-refractivity contribution in [3.05, 3.63) is 0 Å². The molecule has 1 aliphatic rings. The van der Waals surface area contributed by atoms with Crippen LogP contribution in [0.15, 0.2) is 0 Å². The minimum absolute atomic E-state index is 0.519. The fourth-order valence-electron chi connectivity index (χ4n) is 1.58. The Kier molecular flexibility index (Phi) is 3.96. The molecule has 0 N–H and O–H groups in total. The molecule has 0 saturated carbocycles.